The molecule has 3 atom stereocenters. The number of amides is 2. The molecule has 7 nitrogen and oxygen atoms in total. The molecular weight excluding hydrogens is 367 g/mol. The molecule has 1 aromatic carbocycles. The Morgan fingerprint density at radius 2 is 2.14 bits per heavy atom. The summed E-state index contributed by atoms with van der Waals surface area (Å²) < 4.78 is 25.0. The number of ketones is 1. The molecule has 1 saturated carbocycles. The average Bonchev–Trinajstić information content (AvgIpc) is 3.02. The molecule has 150 valence electrons. The van der Waals surface area contributed by atoms with Crippen molar-refractivity contribution in [3.8, 4) is 0 Å². The number of Topliss-reactive ketones (excluding diaryl/α,β-unsaturated/α-hetero) is 1. The Hall–Kier alpha value is -2.64. The van der Waals surface area contributed by atoms with Gasteiger partial charge in [0.25, 0.3) is 0 Å². The highest BCUT2D eigenvalue weighted by atomic mass is 19.1. The highest BCUT2D eigenvalue weighted by Gasteiger charge is 2.62. The van der Waals surface area contributed by atoms with Crippen LogP contribution >= 0.6 is 0 Å². The number of nitrogens with zero attached hydrogens (tertiary/aromatic N) is 2. The van der Waals surface area contributed by atoms with Gasteiger partial charge in [0.15, 0.2) is 0 Å². The predicted molar refractivity (Wildman–Crippen MR) is 97.7 cm³/mol. The summed E-state index contributed by atoms with van der Waals surface area (Å²) in [6, 6.07) is 4.79. The van der Waals surface area contributed by atoms with Crippen LogP contribution in [0.2, 0.25) is 0 Å². The number of anilines is 1. The fraction of sp³-hybridized carbons (Fsp3) is 0.550. The van der Waals surface area contributed by atoms with Crippen LogP contribution in [-0.4, -0.2) is 55.7 Å². The van der Waals surface area contributed by atoms with E-state index < -0.39 is 6.09 Å². The number of carbonyl (C=O) groups excluding carboxylic acids is 3. The van der Waals surface area contributed by atoms with Gasteiger partial charge in [-0.05, 0) is 43.4 Å². The number of hydrogen-bond acceptors (Lipinski definition) is 5. The van der Waals surface area contributed by atoms with Crippen LogP contribution in [0.3, 0.4) is 0 Å². The smallest absolute Gasteiger partial charge is 0.414 e. The largest absolute Gasteiger partial charge is 0.453 e. The Bertz CT molecular complexity index is 844. The summed E-state index contributed by atoms with van der Waals surface area (Å²) in [5.41, 5.74) is 0.660. The van der Waals surface area contributed by atoms with Crippen molar-refractivity contribution in [3.63, 3.8) is 0 Å². The molecular formula is C20H23FN2O5. The molecule has 2 saturated heterocycles. The lowest BCUT2D eigenvalue weighted by Crippen LogP contribution is -2.33. The minimum absolute atomic E-state index is 0.0423. The van der Waals surface area contributed by atoms with Crippen LogP contribution < -0.4 is 4.90 Å². The van der Waals surface area contributed by atoms with Crippen LogP contribution in [0.25, 0.3) is 0 Å². The minimum Gasteiger partial charge on any atom is -0.453 e. The van der Waals surface area contributed by atoms with Crippen molar-refractivity contribution < 1.29 is 28.2 Å². The molecule has 1 aromatic rings. The predicted octanol–water partition coefficient (Wildman–Crippen LogP) is 2.86. The van der Waals surface area contributed by atoms with Crippen LogP contribution in [0.4, 0.5) is 19.7 Å². The molecule has 3 aliphatic rings. The minimum atomic E-state index is -0.527. The number of hydrogen-bond donors (Lipinski definition) is 0. The van der Waals surface area contributed by atoms with Crippen LogP contribution in [0, 0.1) is 11.7 Å². The van der Waals surface area contributed by atoms with E-state index in [9.17, 15) is 18.8 Å². The third kappa shape index (κ3) is 3.10. The van der Waals surface area contributed by atoms with Gasteiger partial charge in [-0.1, -0.05) is 6.07 Å². The summed E-state index contributed by atoms with van der Waals surface area (Å²) in [7, 11) is 1.34. The summed E-state index contributed by atoms with van der Waals surface area (Å²) in [6.07, 6.45) is 0.372. The van der Waals surface area contributed by atoms with Crippen molar-refractivity contribution >= 4 is 23.7 Å². The van der Waals surface area contributed by atoms with E-state index >= 15 is 0 Å². The quantitative estimate of drug-likeness (QED) is 0.773. The molecule has 0 radical (unpaired) electrons. The second-order valence-corrected chi connectivity index (χ2v) is 7.93. The van der Waals surface area contributed by atoms with Crippen molar-refractivity contribution in [3.05, 3.63) is 29.6 Å². The van der Waals surface area contributed by atoms with Gasteiger partial charge in [-0.3, -0.25) is 4.90 Å². The van der Waals surface area contributed by atoms with E-state index in [2.05, 4.69) is 0 Å². The lowest BCUT2D eigenvalue weighted by molar-refractivity contribution is -0.117. The first-order valence-corrected chi connectivity index (χ1v) is 9.44. The Labute approximate surface area is 162 Å². The fourth-order valence-corrected chi connectivity index (χ4v) is 4.49. The average molecular weight is 390 g/mol. The van der Waals surface area contributed by atoms with Gasteiger partial charge < -0.3 is 19.2 Å². The number of carbonyl (C=O) groups is 3. The van der Waals surface area contributed by atoms with E-state index in [4.69, 9.17) is 9.47 Å². The third-order valence-corrected chi connectivity index (χ3v) is 6.07. The maximum atomic E-state index is 15.0. The van der Waals surface area contributed by atoms with Gasteiger partial charge in [-0.15, -0.1) is 0 Å². The van der Waals surface area contributed by atoms with E-state index in [-0.39, 0.29) is 35.1 Å². The molecule has 2 amide bonds. The van der Waals surface area contributed by atoms with E-state index in [1.165, 1.54) is 25.0 Å². The second-order valence-electron chi connectivity index (χ2n) is 7.93. The molecule has 1 aliphatic carbocycles. The van der Waals surface area contributed by atoms with Gasteiger partial charge in [0.2, 0.25) is 0 Å². The van der Waals surface area contributed by atoms with Crippen LogP contribution in [0.5, 0.6) is 0 Å². The summed E-state index contributed by atoms with van der Waals surface area (Å²) in [5.74, 6) is -0.105. The zero-order valence-electron chi connectivity index (χ0n) is 15.9. The molecule has 3 fully saturated rings. The normalized spacial score (nSPS) is 28.2. The van der Waals surface area contributed by atoms with Gasteiger partial charge in [-0.25, -0.2) is 14.0 Å². The first kappa shape index (κ1) is 18.7. The SMILES string of the molecule is COC(=O)N1CC2CC2(c2ccc(N3C[C@H](CCC(C)=O)OC3=O)cc2F)C1. The van der Waals surface area contributed by atoms with Crippen molar-refractivity contribution in [2.24, 2.45) is 5.92 Å². The number of ether oxygens (including phenoxy) is 2. The van der Waals surface area contributed by atoms with Crippen molar-refractivity contribution in [2.45, 2.75) is 37.7 Å². The van der Waals surface area contributed by atoms with E-state index in [0.29, 0.717) is 43.7 Å². The molecule has 28 heavy (non-hydrogen) atoms. The van der Waals surface area contributed by atoms with Gasteiger partial charge >= 0.3 is 12.2 Å². The molecule has 8 heteroatoms. The highest BCUT2D eigenvalue weighted by Crippen LogP contribution is 2.59. The number of methoxy groups -OCH3 is 1. The monoisotopic (exact) mass is 390 g/mol. The lowest BCUT2D eigenvalue weighted by Gasteiger charge is -2.21. The fourth-order valence-electron chi connectivity index (χ4n) is 4.49. The first-order valence-electron chi connectivity index (χ1n) is 9.44. The van der Waals surface area contributed by atoms with Gasteiger partial charge in [-0.2, -0.15) is 0 Å². The molecule has 0 spiro atoms. The maximum Gasteiger partial charge on any atom is 0.414 e. The first-order chi connectivity index (χ1) is 13.3. The Morgan fingerprint density at radius 3 is 2.82 bits per heavy atom. The van der Waals surface area contributed by atoms with Gasteiger partial charge in [0.05, 0.1) is 19.3 Å². The summed E-state index contributed by atoms with van der Waals surface area (Å²) >= 11 is 0. The molecule has 0 N–H and O–H groups in total. The Balaban J connectivity index is 1.48. The highest BCUT2D eigenvalue weighted by molar-refractivity contribution is 5.90. The number of halogens is 1. The molecule has 2 aliphatic heterocycles. The zero-order chi connectivity index (χ0) is 20.1. The lowest BCUT2D eigenvalue weighted by atomic mass is 9.94. The molecule has 0 aromatic heterocycles. The summed E-state index contributed by atoms with van der Waals surface area (Å²) in [4.78, 5) is 38.0. The number of cyclic esters (lactones) is 1. The van der Waals surface area contributed by atoms with Gasteiger partial charge in [0.1, 0.15) is 17.7 Å². The number of rotatable bonds is 5. The topological polar surface area (TPSA) is 76.2 Å². The molecule has 2 unspecified atom stereocenters. The third-order valence-electron chi connectivity index (χ3n) is 6.07. The number of fused-ring (bicyclic) bond motifs is 1. The van der Waals surface area contributed by atoms with Crippen molar-refractivity contribution in [2.75, 3.05) is 31.6 Å². The van der Waals surface area contributed by atoms with Crippen LogP contribution in [0.15, 0.2) is 18.2 Å². The maximum absolute atomic E-state index is 15.0. The number of likely N-dealkylation sites (tertiary alicyclic amines) is 1. The van der Waals surface area contributed by atoms with Crippen LogP contribution in [0.1, 0.15) is 31.7 Å². The zero-order valence-corrected chi connectivity index (χ0v) is 15.9. The molecule has 2 heterocycles. The van der Waals surface area contributed by atoms with Crippen molar-refractivity contribution in [1.82, 2.24) is 4.90 Å². The van der Waals surface area contributed by atoms with Crippen LogP contribution in [-0.2, 0) is 19.7 Å². The Morgan fingerprint density at radius 1 is 1.36 bits per heavy atom. The summed E-state index contributed by atoms with van der Waals surface area (Å²) in [6.45, 7) is 2.82. The standard InChI is InChI=1S/C20H23FN2O5/c1-12(24)3-5-15-10-23(19(26)28-15)14-4-6-16(17(21)7-14)20-8-13(20)9-22(11-20)18(25)27-2/h4,6-7,13,15H,3,5,8-11H2,1-2H3/t13?,15-,20?/m0/s1. The van der Waals surface area contributed by atoms with E-state index in [1.54, 1.807) is 17.0 Å². The second kappa shape index (κ2) is 6.76. The summed E-state index contributed by atoms with van der Waals surface area (Å²) in [5, 5.41) is 0. The van der Waals surface area contributed by atoms with E-state index in [1.807, 2.05) is 0 Å². The van der Waals surface area contributed by atoms with E-state index in [0.717, 1.165) is 6.42 Å². The van der Waals surface area contributed by atoms with Crippen molar-refractivity contribution in [1.29, 1.82) is 0 Å². The molecule has 0 bridgehead atoms. The Kier molecular flexibility index (Phi) is 4.51. The number of benzene rings is 1. The molecule has 4 rings (SSSR count). The number of piperidine rings is 1. The van der Waals surface area contributed by atoms with Gasteiger partial charge in [0, 0.05) is 24.9 Å².